The van der Waals surface area contributed by atoms with Crippen molar-refractivity contribution in [1.29, 1.82) is 0 Å². The van der Waals surface area contributed by atoms with E-state index in [1.165, 1.54) is 24.3 Å². The molecule has 3 rings (SSSR count). The normalized spacial score (nSPS) is 36.7. The summed E-state index contributed by atoms with van der Waals surface area (Å²) in [6.45, 7) is -1.18. The molecule has 2 aliphatic carbocycles. The smallest absolute Gasteiger partial charge is 0.261 e. The second-order valence-electron chi connectivity index (χ2n) is 5.55. The fraction of sp³-hybridized carbons (Fsp3) is 0.571. The molecule has 2 N–H and O–H groups in total. The van der Waals surface area contributed by atoms with Crippen LogP contribution in [0.2, 0.25) is 0 Å². The molecule has 2 saturated carbocycles. The van der Waals surface area contributed by atoms with Crippen molar-refractivity contribution < 1.29 is 27.8 Å². The number of benzene rings is 1. The SMILES string of the molecule is OC[C@@H]1[C@@H](c2ccc([C@H]3[C@H](CO)C3(F)F)cc2)C1(F)F. The Hall–Kier alpha value is -1.14. The minimum Gasteiger partial charge on any atom is -0.396 e. The molecule has 2 nitrogen and oxygen atoms in total. The van der Waals surface area contributed by atoms with E-state index in [0.717, 1.165) is 0 Å². The van der Waals surface area contributed by atoms with E-state index in [1.54, 1.807) is 0 Å². The van der Waals surface area contributed by atoms with E-state index in [4.69, 9.17) is 10.2 Å². The molecule has 0 aliphatic heterocycles. The van der Waals surface area contributed by atoms with E-state index >= 15 is 0 Å². The molecule has 1 aromatic rings. The highest BCUT2D eigenvalue weighted by Gasteiger charge is 2.69. The molecule has 0 spiro atoms. The number of hydrogen-bond acceptors (Lipinski definition) is 2. The molecule has 0 saturated heterocycles. The lowest BCUT2D eigenvalue weighted by molar-refractivity contribution is 0.0774. The van der Waals surface area contributed by atoms with Gasteiger partial charge >= 0.3 is 0 Å². The monoisotopic (exact) mass is 290 g/mol. The van der Waals surface area contributed by atoms with Gasteiger partial charge in [-0.2, -0.15) is 0 Å². The Morgan fingerprint density at radius 1 is 0.750 bits per heavy atom. The molecule has 0 unspecified atom stereocenters. The number of aliphatic hydroxyl groups is 2. The fourth-order valence-corrected chi connectivity index (χ4v) is 3.05. The summed E-state index contributed by atoms with van der Waals surface area (Å²) in [4.78, 5) is 0. The van der Waals surface area contributed by atoms with E-state index in [9.17, 15) is 17.6 Å². The van der Waals surface area contributed by atoms with Crippen molar-refractivity contribution in [2.24, 2.45) is 11.8 Å². The van der Waals surface area contributed by atoms with Gasteiger partial charge in [-0.15, -0.1) is 0 Å². The maximum Gasteiger partial charge on any atom is 0.261 e. The van der Waals surface area contributed by atoms with Gasteiger partial charge in [0.05, 0.1) is 36.9 Å². The Kier molecular flexibility index (Phi) is 2.89. The first-order valence-corrected chi connectivity index (χ1v) is 6.42. The van der Waals surface area contributed by atoms with Gasteiger partial charge in [0, 0.05) is 0 Å². The fourth-order valence-electron chi connectivity index (χ4n) is 3.05. The molecule has 2 fully saturated rings. The average molecular weight is 290 g/mol. The molecule has 1 aromatic carbocycles. The zero-order valence-corrected chi connectivity index (χ0v) is 10.4. The predicted molar refractivity (Wildman–Crippen MR) is 63.0 cm³/mol. The first-order valence-electron chi connectivity index (χ1n) is 6.42. The van der Waals surface area contributed by atoms with E-state index in [-0.39, 0.29) is 0 Å². The minimum absolute atomic E-state index is 0.349. The van der Waals surface area contributed by atoms with Crippen LogP contribution in [0.15, 0.2) is 24.3 Å². The van der Waals surface area contributed by atoms with Crippen molar-refractivity contribution in [2.75, 3.05) is 13.2 Å². The summed E-state index contributed by atoms with van der Waals surface area (Å²) in [5, 5.41) is 17.7. The van der Waals surface area contributed by atoms with Gasteiger partial charge in [0.2, 0.25) is 0 Å². The standard InChI is InChI=1S/C14H14F4O2/c15-13(16)9(5-19)11(13)7-1-2-8(4-3-7)12-10(6-20)14(12,17)18/h1-4,9-12,19-20H,5-6H2/t9-,10+,11-,12+. The van der Waals surface area contributed by atoms with Crippen molar-refractivity contribution in [3.8, 4) is 0 Å². The lowest BCUT2D eigenvalue weighted by Gasteiger charge is -2.03. The third-order valence-corrected chi connectivity index (χ3v) is 4.45. The second kappa shape index (κ2) is 4.18. The number of alkyl halides is 4. The Bertz CT molecular complexity index is 467. The molecule has 0 amide bonds. The zero-order valence-electron chi connectivity index (χ0n) is 10.4. The van der Waals surface area contributed by atoms with E-state index in [0.29, 0.717) is 11.1 Å². The zero-order chi connectivity index (χ0) is 14.7. The van der Waals surface area contributed by atoms with Crippen LogP contribution in [0.4, 0.5) is 17.6 Å². The summed E-state index contributed by atoms with van der Waals surface area (Å²) < 4.78 is 53.4. The van der Waals surface area contributed by atoms with Crippen LogP contribution in [0.25, 0.3) is 0 Å². The third kappa shape index (κ3) is 1.78. The summed E-state index contributed by atoms with van der Waals surface area (Å²) in [5.74, 6) is -10.1. The molecule has 0 heterocycles. The maximum absolute atomic E-state index is 13.3. The molecule has 110 valence electrons. The van der Waals surface area contributed by atoms with Gasteiger partial charge in [-0.05, 0) is 11.1 Å². The largest absolute Gasteiger partial charge is 0.396 e. The van der Waals surface area contributed by atoms with Gasteiger partial charge in [0.1, 0.15) is 0 Å². The molecular weight excluding hydrogens is 276 g/mol. The molecule has 6 heteroatoms. The van der Waals surface area contributed by atoms with Gasteiger partial charge in [0.15, 0.2) is 0 Å². The van der Waals surface area contributed by atoms with Gasteiger partial charge in [-0.3, -0.25) is 0 Å². The highest BCUT2D eigenvalue weighted by atomic mass is 19.3. The molecule has 20 heavy (non-hydrogen) atoms. The van der Waals surface area contributed by atoms with Crippen LogP contribution in [-0.2, 0) is 0 Å². The number of hydrogen-bond donors (Lipinski definition) is 2. The number of rotatable bonds is 4. The summed E-state index contributed by atoms with van der Waals surface area (Å²) in [7, 11) is 0. The number of aliphatic hydroxyl groups excluding tert-OH is 2. The van der Waals surface area contributed by atoms with Crippen LogP contribution in [0, 0.1) is 11.8 Å². The van der Waals surface area contributed by atoms with E-state index in [2.05, 4.69) is 0 Å². The first kappa shape index (κ1) is 13.8. The van der Waals surface area contributed by atoms with E-state index < -0.39 is 48.7 Å². The Morgan fingerprint density at radius 3 is 1.25 bits per heavy atom. The lowest BCUT2D eigenvalue weighted by atomic mass is 10.0. The van der Waals surface area contributed by atoms with Crippen molar-refractivity contribution >= 4 is 0 Å². The topological polar surface area (TPSA) is 40.5 Å². The van der Waals surface area contributed by atoms with Crippen LogP contribution < -0.4 is 0 Å². The Labute approximate surface area is 113 Å². The van der Waals surface area contributed by atoms with Gasteiger partial charge in [-0.25, -0.2) is 17.6 Å². The summed E-state index contributed by atoms with van der Waals surface area (Å²) in [6, 6.07) is 5.64. The highest BCUT2D eigenvalue weighted by Crippen LogP contribution is 2.63. The average Bonchev–Trinajstić information content (AvgIpc) is 3.18. The first-order chi connectivity index (χ1) is 9.35. The maximum atomic E-state index is 13.3. The van der Waals surface area contributed by atoms with Crippen molar-refractivity contribution in [2.45, 2.75) is 23.7 Å². The Balaban J connectivity index is 1.77. The van der Waals surface area contributed by atoms with Crippen LogP contribution in [0.5, 0.6) is 0 Å². The highest BCUT2D eigenvalue weighted by molar-refractivity contribution is 5.39. The van der Waals surface area contributed by atoms with Crippen molar-refractivity contribution in [3.05, 3.63) is 35.4 Å². The van der Waals surface area contributed by atoms with Crippen molar-refractivity contribution in [1.82, 2.24) is 0 Å². The number of halogens is 4. The summed E-state index contributed by atoms with van der Waals surface area (Å²) >= 11 is 0. The Morgan fingerprint density at radius 2 is 1.05 bits per heavy atom. The van der Waals surface area contributed by atoms with Gasteiger partial charge in [0.25, 0.3) is 11.8 Å². The predicted octanol–water partition coefficient (Wildman–Crippen LogP) is 2.37. The van der Waals surface area contributed by atoms with Gasteiger partial charge < -0.3 is 10.2 Å². The molecule has 2 aliphatic rings. The second-order valence-corrected chi connectivity index (χ2v) is 5.55. The third-order valence-electron chi connectivity index (χ3n) is 4.45. The minimum atomic E-state index is -2.92. The molecule has 0 bridgehead atoms. The molecule has 4 atom stereocenters. The molecule has 0 aromatic heterocycles. The lowest BCUT2D eigenvalue weighted by Crippen LogP contribution is -1.97. The van der Waals surface area contributed by atoms with Crippen LogP contribution in [0.1, 0.15) is 23.0 Å². The van der Waals surface area contributed by atoms with Crippen molar-refractivity contribution in [3.63, 3.8) is 0 Å². The van der Waals surface area contributed by atoms with Crippen LogP contribution in [0.3, 0.4) is 0 Å². The quantitative estimate of drug-likeness (QED) is 0.836. The van der Waals surface area contributed by atoms with Gasteiger partial charge in [-0.1, -0.05) is 24.3 Å². The van der Waals surface area contributed by atoms with Crippen LogP contribution >= 0.6 is 0 Å². The summed E-state index contributed by atoms with van der Waals surface area (Å²) in [5.41, 5.74) is 0.699. The van der Waals surface area contributed by atoms with E-state index in [1.807, 2.05) is 0 Å². The summed E-state index contributed by atoms with van der Waals surface area (Å²) in [6.07, 6.45) is 0. The molecular formula is C14H14F4O2. The molecule has 0 radical (unpaired) electrons. The van der Waals surface area contributed by atoms with Crippen LogP contribution in [-0.4, -0.2) is 35.3 Å².